The number of ether oxygens (including phenoxy) is 2. The zero-order valence-corrected chi connectivity index (χ0v) is 8.02. The first-order valence-corrected chi connectivity index (χ1v) is 4.13. The topological polar surface area (TPSA) is 72.8 Å². The average Bonchev–Trinajstić information content (AvgIpc) is 2.11. The second kappa shape index (κ2) is 3.89. The summed E-state index contributed by atoms with van der Waals surface area (Å²) in [5, 5.41) is 9.13. The number of hydrogen-bond donors (Lipinski definition) is 1. The maximum Gasteiger partial charge on any atom is 0.308 e. The predicted molar refractivity (Wildman–Crippen MR) is 46.3 cm³/mol. The molecule has 0 amide bonds. The molecule has 0 fully saturated rings. The van der Waals surface area contributed by atoms with Crippen LogP contribution < -0.4 is 0 Å². The molecule has 1 rings (SSSR count). The van der Waals surface area contributed by atoms with E-state index in [-0.39, 0.29) is 12.2 Å². The van der Waals surface area contributed by atoms with Gasteiger partial charge in [-0.3, -0.25) is 9.59 Å². The van der Waals surface area contributed by atoms with Crippen LogP contribution >= 0.6 is 0 Å². The van der Waals surface area contributed by atoms with Crippen LogP contribution in [0.5, 0.6) is 0 Å². The van der Waals surface area contributed by atoms with Crippen molar-refractivity contribution < 1.29 is 24.2 Å². The number of hydrogen-bond acceptors (Lipinski definition) is 5. The molecular formula is C9H12O5. The number of carbonyl (C=O) groups is 2. The van der Waals surface area contributed by atoms with Gasteiger partial charge in [0.15, 0.2) is 12.1 Å². The number of ketones is 1. The smallest absolute Gasteiger partial charge is 0.308 e. The summed E-state index contributed by atoms with van der Waals surface area (Å²) >= 11 is 0. The first kappa shape index (κ1) is 10.9. The Bertz CT molecular complexity index is 283. The summed E-state index contributed by atoms with van der Waals surface area (Å²) in [4.78, 5) is 22.4. The Labute approximate surface area is 81.3 Å². The minimum Gasteiger partial charge on any atom is -0.469 e. The van der Waals surface area contributed by atoms with Gasteiger partial charge in [-0.05, 0) is 19.1 Å². The summed E-state index contributed by atoms with van der Waals surface area (Å²) in [6.07, 6.45) is 1.07. The Morgan fingerprint density at radius 3 is 3.00 bits per heavy atom. The third kappa shape index (κ3) is 2.18. The van der Waals surface area contributed by atoms with Crippen molar-refractivity contribution in [1.29, 1.82) is 0 Å². The Hall–Kier alpha value is -1.20. The maximum absolute atomic E-state index is 11.4. The van der Waals surface area contributed by atoms with Gasteiger partial charge >= 0.3 is 5.97 Å². The lowest BCUT2D eigenvalue weighted by molar-refractivity contribution is -0.182. The molecule has 14 heavy (non-hydrogen) atoms. The van der Waals surface area contributed by atoms with E-state index in [9.17, 15) is 9.59 Å². The fourth-order valence-corrected chi connectivity index (χ4v) is 1.19. The number of methoxy groups -OCH3 is 1. The Morgan fingerprint density at radius 2 is 2.43 bits per heavy atom. The quantitative estimate of drug-likeness (QED) is 0.624. The number of aliphatic hydroxyl groups excluding tert-OH is 1. The van der Waals surface area contributed by atoms with E-state index in [0.717, 1.165) is 0 Å². The van der Waals surface area contributed by atoms with Crippen LogP contribution in [0.2, 0.25) is 0 Å². The van der Waals surface area contributed by atoms with Crippen LogP contribution in [0.15, 0.2) is 12.2 Å². The Balaban J connectivity index is 2.77. The van der Waals surface area contributed by atoms with E-state index in [1.807, 2.05) is 0 Å². The van der Waals surface area contributed by atoms with Crippen LogP contribution in [-0.2, 0) is 19.1 Å². The molecule has 1 N–H and O–H groups in total. The monoisotopic (exact) mass is 200 g/mol. The molecule has 0 aliphatic carbocycles. The molecule has 0 aromatic heterocycles. The molecular weight excluding hydrogens is 188 g/mol. The molecule has 0 bridgehead atoms. The van der Waals surface area contributed by atoms with Crippen molar-refractivity contribution in [2.75, 3.05) is 7.11 Å². The maximum atomic E-state index is 11.4. The highest BCUT2D eigenvalue weighted by Gasteiger charge is 2.39. The van der Waals surface area contributed by atoms with Gasteiger partial charge in [-0.1, -0.05) is 0 Å². The molecule has 1 aliphatic rings. The van der Waals surface area contributed by atoms with Gasteiger partial charge in [-0.2, -0.15) is 0 Å². The number of esters is 1. The van der Waals surface area contributed by atoms with Gasteiger partial charge in [-0.15, -0.1) is 0 Å². The van der Waals surface area contributed by atoms with E-state index in [0.29, 0.717) is 0 Å². The van der Waals surface area contributed by atoms with Gasteiger partial charge in [0.25, 0.3) is 0 Å². The fourth-order valence-electron chi connectivity index (χ4n) is 1.19. The third-order valence-electron chi connectivity index (χ3n) is 2.02. The SMILES string of the molecule is COC(=O)CC1(C)OC(O)C=CC1=O. The van der Waals surface area contributed by atoms with Crippen molar-refractivity contribution in [2.45, 2.75) is 25.2 Å². The fraction of sp³-hybridized carbons (Fsp3) is 0.556. The van der Waals surface area contributed by atoms with Crippen molar-refractivity contribution in [3.05, 3.63) is 12.2 Å². The van der Waals surface area contributed by atoms with E-state index < -0.39 is 17.9 Å². The highest BCUT2D eigenvalue weighted by atomic mass is 16.6. The molecule has 0 saturated carbocycles. The van der Waals surface area contributed by atoms with Gasteiger partial charge in [-0.25, -0.2) is 0 Å². The molecule has 5 heteroatoms. The number of aliphatic hydroxyl groups is 1. The standard InChI is InChI=1S/C9H12O5/c1-9(5-8(12)13-2)6(10)3-4-7(11)14-9/h3-4,7,11H,5H2,1-2H3. The highest BCUT2D eigenvalue weighted by Crippen LogP contribution is 2.23. The molecule has 2 atom stereocenters. The van der Waals surface area contributed by atoms with Crippen LogP contribution in [0.3, 0.4) is 0 Å². The lowest BCUT2D eigenvalue weighted by atomic mass is 9.94. The van der Waals surface area contributed by atoms with E-state index in [1.165, 1.54) is 26.2 Å². The molecule has 78 valence electrons. The molecule has 0 aromatic carbocycles. The summed E-state index contributed by atoms with van der Waals surface area (Å²) in [5.74, 6) is -0.906. The second-order valence-electron chi connectivity index (χ2n) is 3.22. The molecule has 0 radical (unpaired) electrons. The van der Waals surface area contributed by atoms with Crippen LogP contribution in [0.1, 0.15) is 13.3 Å². The summed E-state index contributed by atoms with van der Waals surface area (Å²) in [6.45, 7) is 1.44. The molecule has 0 spiro atoms. The Kier molecular flexibility index (Phi) is 3.03. The largest absolute Gasteiger partial charge is 0.469 e. The average molecular weight is 200 g/mol. The first-order valence-electron chi connectivity index (χ1n) is 4.13. The molecule has 1 heterocycles. The van der Waals surface area contributed by atoms with E-state index in [4.69, 9.17) is 9.84 Å². The van der Waals surface area contributed by atoms with E-state index in [1.54, 1.807) is 0 Å². The van der Waals surface area contributed by atoms with Crippen LogP contribution in [0.4, 0.5) is 0 Å². The van der Waals surface area contributed by atoms with Crippen LogP contribution in [0, 0.1) is 0 Å². The van der Waals surface area contributed by atoms with Gasteiger partial charge in [0.1, 0.15) is 5.60 Å². The van der Waals surface area contributed by atoms with E-state index >= 15 is 0 Å². The zero-order chi connectivity index (χ0) is 10.8. The van der Waals surface area contributed by atoms with Gasteiger partial charge in [0.05, 0.1) is 13.5 Å². The molecule has 2 unspecified atom stereocenters. The lowest BCUT2D eigenvalue weighted by Crippen LogP contribution is -2.45. The summed E-state index contributed by atoms with van der Waals surface area (Å²) in [6, 6.07) is 0. The van der Waals surface area contributed by atoms with Gasteiger partial charge in [0.2, 0.25) is 0 Å². The van der Waals surface area contributed by atoms with Crippen LogP contribution in [0.25, 0.3) is 0 Å². The summed E-state index contributed by atoms with van der Waals surface area (Å²) < 4.78 is 9.40. The highest BCUT2D eigenvalue weighted by molar-refractivity contribution is 5.99. The molecule has 1 aliphatic heterocycles. The summed E-state index contributed by atoms with van der Waals surface area (Å²) in [5.41, 5.74) is -1.32. The van der Waals surface area contributed by atoms with Crippen molar-refractivity contribution in [1.82, 2.24) is 0 Å². The van der Waals surface area contributed by atoms with Crippen molar-refractivity contribution >= 4 is 11.8 Å². The van der Waals surface area contributed by atoms with Crippen molar-refractivity contribution in [2.24, 2.45) is 0 Å². The number of rotatable bonds is 2. The predicted octanol–water partition coefficient (Wildman–Crippen LogP) is -0.218. The second-order valence-corrected chi connectivity index (χ2v) is 3.22. The number of carbonyl (C=O) groups excluding carboxylic acids is 2. The minimum absolute atomic E-state index is 0.205. The Morgan fingerprint density at radius 1 is 1.79 bits per heavy atom. The summed E-state index contributed by atoms with van der Waals surface area (Å²) in [7, 11) is 1.23. The molecule has 0 saturated heterocycles. The lowest BCUT2D eigenvalue weighted by Gasteiger charge is -2.30. The minimum atomic E-state index is -1.32. The van der Waals surface area contributed by atoms with Gasteiger partial charge < -0.3 is 14.6 Å². The molecule has 0 aromatic rings. The van der Waals surface area contributed by atoms with Gasteiger partial charge in [0, 0.05) is 0 Å². The third-order valence-corrected chi connectivity index (χ3v) is 2.02. The zero-order valence-electron chi connectivity index (χ0n) is 8.02. The van der Waals surface area contributed by atoms with Crippen molar-refractivity contribution in [3.8, 4) is 0 Å². The van der Waals surface area contributed by atoms with Crippen LogP contribution in [-0.4, -0.2) is 35.9 Å². The first-order chi connectivity index (χ1) is 6.48. The molecule has 5 nitrogen and oxygen atoms in total. The van der Waals surface area contributed by atoms with Crippen molar-refractivity contribution in [3.63, 3.8) is 0 Å². The normalized spacial score (nSPS) is 31.6. The van der Waals surface area contributed by atoms with E-state index in [2.05, 4.69) is 4.74 Å².